The molecule has 1 saturated heterocycles. The maximum Gasteiger partial charge on any atom is 0.305 e. The summed E-state index contributed by atoms with van der Waals surface area (Å²) in [5.41, 5.74) is 4.09. The van der Waals surface area contributed by atoms with E-state index >= 15 is 0 Å². The smallest absolute Gasteiger partial charge is 0.305 e. The van der Waals surface area contributed by atoms with Gasteiger partial charge in [-0.15, -0.1) is 0 Å². The molecule has 0 spiro atoms. The minimum absolute atomic E-state index is 0.0246. The number of carbonyl (C=O) groups is 2. The van der Waals surface area contributed by atoms with Crippen LogP contribution in [0, 0.1) is 17.3 Å². The van der Waals surface area contributed by atoms with Crippen molar-refractivity contribution in [3.05, 3.63) is 47.0 Å². The molecule has 5 rings (SSSR count). The van der Waals surface area contributed by atoms with E-state index in [0.717, 1.165) is 99.5 Å². The van der Waals surface area contributed by atoms with Gasteiger partial charge < -0.3 is 38.6 Å². The molecule has 1 N–H and O–H groups in total. The first-order valence-corrected chi connectivity index (χ1v) is 21.9. The standard InChI is InChI=1S/C47H72N2O8/c1-47(2,3)33-49(24-15-13-11-9-7-8-10-12-14-16-43(50)54-5)46(52)39-20-19-38(53-4)30-41(39)48-25-21-34(22-26-48)32-57-42-29-37(28-36-23-27-56-45(36)42)40(35-17-18-35)31-44(51)55-6/h19-20,28-30,34-35,40,44,51H,7-18,21-27,31-33H2,1-6H3. The van der Waals surface area contributed by atoms with Gasteiger partial charge in [0.15, 0.2) is 17.8 Å². The number of fused-ring (bicyclic) bond motifs is 1. The zero-order valence-electron chi connectivity index (χ0n) is 36.0. The molecule has 10 heteroatoms. The second-order valence-corrected chi connectivity index (χ2v) is 17.9. The Bertz CT molecular complexity index is 1560. The SMILES string of the molecule is COC(=O)CCCCCCCCCCCN(CC(C)(C)C)C(=O)c1ccc(OC)cc1N1CCC(COc2cc(C(CC(O)OC)C3CC3)cc3c2OCC3)CC1. The van der Waals surface area contributed by atoms with Crippen LogP contribution in [0.1, 0.15) is 144 Å². The lowest BCUT2D eigenvalue weighted by molar-refractivity contribution is -0.140. The van der Waals surface area contributed by atoms with Crippen LogP contribution in [0.3, 0.4) is 0 Å². The number of carbonyl (C=O) groups excluding carboxylic acids is 2. The van der Waals surface area contributed by atoms with Crippen molar-refractivity contribution in [3.8, 4) is 17.2 Å². The topological polar surface area (TPSA) is 107 Å². The van der Waals surface area contributed by atoms with E-state index in [4.69, 9.17) is 23.7 Å². The molecule has 2 aliphatic heterocycles. The van der Waals surface area contributed by atoms with Gasteiger partial charge in [0.25, 0.3) is 5.91 Å². The molecule has 2 fully saturated rings. The maximum atomic E-state index is 14.4. The summed E-state index contributed by atoms with van der Waals surface area (Å²) in [5, 5.41) is 10.3. The summed E-state index contributed by atoms with van der Waals surface area (Å²) in [6.07, 6.45) is 15.5. The maximum absolute atomic E-state index is 14.4. The fourth-order valence-electron chi connectivity index (χ4n) is 8.57. The Hall–Kier alpha value is -3.50. The van der Waals surface area contributed by atoms with Crippen LogP contribution < -0.4 is 19.1 Å². The van der Waals surface area contributed by atoms with Crippen LogP contribution in [0.25, 0.3) is 0 Å². The number of aliphatic hydroxyl groups is 1. The van der Waals surface area contributed by atoms with Gasteiger partial charge in [-0.05, 0) is 85.5 Å². The number of methoxy groups -OCH3 is 3. The van der Waals surface area contributed by atoms with Crippen molar-refractivity contribution in [1.29, 1.82) is 0 Å². The summed E-state index contributed by atoms with van der Waals surface area (Å²) in [5.74, 6) is 3.63. The highest BCUT2D eigenvalue weighted by Gasteiger charge is 2.35. The zero-order valence-corrected chi connectivity index (χ0v) is 36.0. The van der Waals surface area contributed by atoms with E-state index in [-0.39, 0.29) is 23.2 Å². The average Bonchev–Trinajstić information content (AvgIpc) is 3.94. The van der Waals surface area contributed by atoms with E-state index in [0.29, 0.717) is 44.4 Å². The van der Waals surface area contributed by atoms with Crippen LogP contribution in [0.15, 0.2) is 30.3 Å². The molecule has 2 atom stereocenters. The molecule has 0 aromatic heterocycles. The molecule has 10 nitrogen and oxygen atoms in total. The van der Waals surface area contributed by atoms with Crippen LogP contribution in [-0.2, 0) is 20.7 Å². The largest absolute Gasteiger partial charge is 0.497 e. The number of hydrogen-bond acceptors (Lipinski definition) is 9. The third kappa shape index (κ3) is 13.8. The van der Waals surface area contributed by atoms with E-state index in [2.05, 4.69) is 42.7 Å². The molecule has 318 valence electrons. The van der Waals surface area contributed by atoms with E-state index in [1.807, 2.05) is 18.2 Å². The van der Waals surface area contributed by atoms with Gasteiger partial charge in [-0.25, -0.2) is 0 Å². The molecule has 2 aromatic carbocycles. The summed E-state index contributed by atoms with van der Waals surface area (Å²) in [6, 6.07) is 10.3. The second kappa shape index (κ2) is 22.0. The molecule has 0 bridgehead atoms. The number of rotatable bonds is 24. The van der Waals surface area contributed by atoms with Crippen molar-refractivity contribution in [2.75, 3.05) is 65.6 Å². The van der Waals surface area contributed by atoms with Gasteiger partial charge >= 0.3 is 5.97 Å². The lowest BCUT2D eigenvalue weighted by atomic mass is 9.89. The molecular formula is C47H72N2O8. The third-order valence-corrected chi connectivity index (χ3v) is 12.0. The summed E-state index contributed by atoms with van der Waals surface area (Å²) in [6.45, 7) is 11.0. The van der Waals surface area contributed by atoms with Crippen LogP contribution in [0.2, 0.25) is 0 Å². The number of esters is 1. The Morgan fingerprint density at radius 1 is 0.912 bits per heavy atom. The van der Waals surface area contributed by atoms with Crippen molar-refractivity contribution in [2.45, 2.75) is 136 Å². The number of unbranched alkanes of at least 4 members (excludes halogenated alkanes) is 8. The highest BCUT2D eigenvalue weighted by Crippen LogP contribution is 2.48. The molecule has 2 unspecified atom stereocenters. The Kier molecular flexibility index (Phi) is 17.2. The van der Waals surface area contributed by atoms with Crippen LogP contribution in [-0.4, -0.2) is 88.9 Å². The summed E-state index contributed by atoms with van der Waals surface area (Å²) in [4.78, 5) is 30.2. The van der Waals surface area contributed by atoms with E-state index in [9.17, 15) is 14.7 Å². The van der Waals surface area contributed by atoms with Gasteiger partial charge in [-0.3, -0.25) is 9.59 Å². The molecule has 57 heavy (non-hydrogen) atoms. The second-order valence-electron chi connectivity index (χ2n) is 17.9. The fraction of sp³-hybridized carbons (Fsp3) is 0.702. The van der Waals surface area contributed by atoms with Crippen molar-refractivity contribution < 1.29 is 38.4 Å². The highest BCUT2D eigenvalue weighted by molar-refractivity contribution is 6.00. The van der Waals surface area contributed by atoms with E-state index in [1.54, 1.807) is 14.2 Å². The van der Waals surface area contributed by atoms with Crippen molar-refractivity contribution in [3.63, 3.8) is 0 Å². The van der Waals surface area contributed by atoms with Gasteiger partial charge in [-0.2, -0.15) is 0 Å². The zero-order chi connectivity index (χ0) is 40.8. The average molecular weight is 793 g/mol. The van der Waals surface area contributed by atoms with Gasteiger partial charge in [0.1, 0.15) is 5.75 Å². The molecular weight excluding hydrogens is 721 g/mol. The van der Waals surface area contributed by atoms with Crippen molar-refractivity contribution in [1.82, 2.24) is 4.90 Å². The first-order chi connectivity index (χ1) is 27.5. The Morgan fingerprint density at radius 3 is 2.23 bits per heavy atom. The monoisotopic (exact) mass is 793 g/mol. The summed E-state index contributed by atoms with van der Waals surface area (Å²) >= 11 is 0. The van der Waals surface area contributed by atoms with Gasteiger partial charge in [0.05, 0.1) is 38.7 Å². The Morgan fingerprint density at radius 2 is 1.60 bits per heavy atom. The van der Waals surface area contributed by atoms with Crippen LogP contribution in [0.4, 0.5) is 5.69 Å². The first-order valence-electron chi connectivity index (χ1n) is 21.9. The highest BCUT2D eigenvalue weighted by atomic mass is 16.6. The minimum atomic E-state index is -0.772. The predicted molar refractivity (Wildman–Crippen MR) is 226 cm³/mol. The number of nitrogens with zero attached hydrogens (tertiary/aromatic N) is 2. The van der Waals surface area contributed by atoms with E-state index in [1.165, 1.54) is 56.8 Å². The number of hydrogen-bond donors (Lipinski definition) is 1. The molecule has 2 aromatic rings. The molecule has 0 radical (unpaired) electrons. The fourth-order valence-corrected chi connectivity index (χ4v) is 8.57. The van der Waals surface area contributed by atoms with Crippen LogP contribution >= 0.6 is 0 Å². The molecule has 1 saturated carbocycles. The number of anilines is 1. The lowest BCUT2D eigenvalue weighted by Gasteiger charge is -2.36. The van der Waals surface area contributed by atoms with Gasteiger partial charge in [0.2, 0.25) is 0 Å². The minimum Gasteiger partial charge on any atom is -0.497 e. The summed E-state index contributed by atoms with van der Waals surface area (Å²) in [7, 11) is 4.70. The number of aliphatic hydroxyl groups excluding tert-OH is 1. The van der Waals surface area contributed by atoms with Crippen molar-refractivity contribution >= 4 is 17.6 Å². The van der Waals surface area contributed by atoms with Crippen LogP contribution in [0.5, 0.6) is 17.2 Å². The predicted octanol–water partition coefficient (Wildman–Crippen LogP) is 9.34. The molecule has 2 heterocycles. The normalized spacial score (nSPS) is 16.8. The summed E-state index contributed by atoms with van der Waals surface area (Å²) < 4.78 is 28.3. The lowest BCUT2D eigenvalue weighted by Crippen LogP contribution is -2.40. The molecule has 1 amide bonds. The quantitative estimate of drug-likeness (QED) is 0.0633. The molecule has 3 aliphatic rings. The third-order valence-electron chi connectivity index (χ3n) is 12.0. The number of benzene rings is 2. The van der Waals surface area contributed by atoms with Gasteiger partial charge in [0, 0.05) is 64.2 Å². The number of piperidine rings is 1. The Labute approximate surface area is 342 Å². The van der Waals surface area contributed by atoms with Gasteiger partial charge in [-0.1, -0.05) is 71.8 Å². The number of amides is 1. The van der Waals surface area contributed by atoms with E-state index < -0.39 is 6.29 Å². The Balaban J connectivity index is 1.15. The van der Waals surface area contributed by atoms with Crippen molar-refractivity contribution in [2.24, 2.45) is 17.3 Å². The first kappa shape index (κ1) is 44.6. The molecule has 1 aliphatic carbocycles. The number of ether oxygens (including phenoxy) is 5.